The van der Waals surface area contributed by atoms with Gasteiger partial charge in [0.1, 0.15) is 5.82 Å². The summed E-state index contributed by atoms with van der Waals surface area (Å²) in [6.45, 7) is 4.32. The fourth-order valence-electron chi connectivity index (χ4n) is 3.59. The highest BCUT2D eigenvalue weighted by Crippen LogP contribution is 2.28. The van der Waals surface area contributed by atoms with Gasteiger partial charge in [0, 0.05) is 24.2 Å². The van der Waals surface area contributed by atoms with Crippen LogP contribution >= 0.6 is 0 Å². The molecular weight excluding hydrogens is 320 g/mol. The van der Waals surface area contributed by atoms with Gasteiger partial charge in [0.25, 0.3) is 0 Å². The number of para-hydroxylation sites is 1. The van der Waals surface area contributed by atoms with E-state index in [4.69, 9.17) is 9.97 Å². The number of fused-ring (bicyclic) bond motifs is 1. The van der Waals surface area contributed by atoms with E-state index in [0.29, 0.717) is 5.95 Å². The fraction of sp³-hybridized carbons (Fsp3) is 0.364. The van der Waals surface area contributed by atoms with Crippen molar-refractivity contribution in [3.05, 3.63) is 54.1 Å². The van der Waals surface area contributed by atoms with Crippen LogP contribution in [0.3, 0.4) is 0 Å². The monoisotopic (exact) mass is 346 g/mol. The van der Waals surface area contributed by atoms with E-state index in [1.165, 1.54) is 31.2 Å². The van der Waals surface area contributed by atoms with Gasteiger partial charge in [0.15, 0.2) is 0 Å². The lowest BCUT2D eigenvalue weighted by atomic mass is 10.1. The van der Waals surface area contributed by atoms with E-state index in [9.17, 15) is 0 Å². The maximum Gasteiger partial charge on any atom is 0.229 e. The van der Waals surface area contributed by atoms with E-state index in [2.05, 4.69) is 59.6 Å². The Hall–Kier alpha value is -2.62. The zero-order valence-corrected chi connectivity index (χ0v) is 15.4. The Bertz CT molecular complexity index is 865. The number of anilines is 3. The Kier molecular flexibility index (Phi) is 5.00. The van der Waals surface area contributed by atoms with E-state index in [1.807, 2.05) is 6.07 Å². The molecule has 1 aliphatic rings. The van der Waals surface area contributed by atoms with Crippen LogP contribution in [0, 0.1) is 0 Å². The van der Waals surface area contributed by atoms with Gasteiger partial charge >= 0.3 is 0 Å². The average Bonchev–Trinajstić information content (AvgIpc) is 2.97. The van der Waals surface area contributed by atoms with E-state index < -0.39 is 0 Å². The van der Waals surface area contributed by atoms with E-state index in [-0.39, 0.29) is 0 Å². The number of hydrogen-bond donors (Lipinski definition) is 1. The Morgan fingerprint density at radius 3 is 2.35 bits per heavy atom. The molecule has 4 rings (SSSR count). The Labute approximate surface area is 155 Å². The van der Waals surface area contributed by atoms with Crippen molar-refractivity contribution in [3.8, 4) is 0 Å². The average molecular weight is 346 g/mol. The van der Waals surface area contributed by atoms with Crippen molar-refractivity contribution in [2.75, 3.05) is 23.3 Å². The van der Waals surface area contributed by atoms with E-state index in [1.54, 1.807) is 0 Å². The maximum atomic E-state index is 4.91. The molecule has 134 valence electrons. The number of aromatic nitrogens is 2. The first-order chi connectivity index (χ1) is 12.8. The van der Waals surface area contributed by atoms with Crippen LogP contribution in [0.4, 0.5) is 17.5 Å². The number of aryl methyl sites for hydroxylation is 1. The Balaban J connectivity index is 1.70. The third-order valence-corrected chi connectivity index (χ3v) is 5.11. The zero-order chi connectivity index (χ0) is 17.8. The molecule has 26 heavy (non-hydrogen) atoms. The molecule has 0 spiro atoms. The predicted octanol–water partition coefficient (Wildman–Crippen LogP) is 5.32. The molecule has 1 aromatic heterocycles. The molecule has 1 fully saturated rings. The smallest absolute Gasteiger partial charge is 0.229 e. The Morgan fingerprint density at radius 1 is 0.885 bits per heavy atom. The van der Waals surface area contributed by atoms with Gasteiger partial charge in [0.2, 0.25) is 5.95 Å². The largest absolute Gasteiger partial charge is 0.356 e. The molecule has 1 aliphatic heterocycles. The molecule has 0 amide bonds. The molecule has 0 aliphatic carbocycles. The molecule has 2 aromatic carbocycles. The lowest BCUT2D eigenvalue weighted by Gasteiger charge is -2.23. The van der Waals surface area contributed by atoms with Gasteiger partial charge in [0.05, 0.1) is 5.52 Å². The van der Waals surface area contributed by atoms with Crippen LogP contribution in [0.2, 0.25) is 0 Å². The summed E-state index contributed by atoms with van der Waals surface area (Å²) < 4.78 is 0. The van der Waals surface area contributed by atoms with Crippen molar-refractivity contribution in [2.45, 2.75) is 39.0 Å². The summed E-state index contributed by atoms with van der Waals surface area (Å²) in [5, 5.41) is 4.53. The lowest BCUT2D eigenvalue weighted by molar-refractivity contribution is 0.726. The summed E-state index contributed by atoms with van der Waals surface area (Å²) in [7, 11) is 0. The summed E-state index contributed by atoms with van der Waals surface area (Å²) in [6, 6.07) is 16.8. The van der Waals surface area contributed by atoms with Gasteiger partial charge in [-0.1, -0.05) is 44.0 Å². The molecule has 3 aromatic rings. The van der Waals surface area contributed by atoms with Crippen molar-refractivity contribution < 1.29 is 0 Å². The van der Waals surface area contributed by atoms with E-state index in [0.717, 1.165) is 41.9 Å². The standard InChI is InChI=1S/C22H26N4/c1-2-17-11-13-18(14-12-17)23-22-24-20-10-6-5-9-19(20)21(25-22)26-15-7-3-4-8-16-26/h5-6,9-14H,2-4,7-8,15-16H2,1H3,(H,23,24,25). The molecule has 0 bridgehead atoms. The van der Waals surface area contributed by atoms with Crippen LogP contribution in [-0.4, -0.2) is 23.1 Å². The third-order valence-electron chi connectivity index (χ3n) is 5.11. The minimum atomic E-state index is 0.673. The number of rotatable bonds is 4. The molecule has 4 heteroatoms. The van der Waals surface area contributed by atoms with Gasteiger partial charge in [-0.15, -0.1) is 0 Å². The van der Waals surface area contributed by atoms with Gasteiger partial charge in [-0.05, 0) is 49.1 Å². The van der Waals surface area contributed by atoms with Gasteiger partial charge in [-0.2, -0.15) is 4.98 Å². The second kappa shape index (κ2) is 7.73. The minimum Gasteiger partial charge on any atom is -0.356 e. The molecule has 2 heterocycles. The molecule has 0 radical (unpaired) electrons. The molecule has 1 N–H and O–H groups in total. The Morgan fingerprint density at radius 2 is 1.62 bits per heavy atom. The van der Waals surface area contributed by atoms with Crippen molar-refractivity contribution in [1.29, 1.82) is 0 Å². The van der Waals surface area contributed by atoms with Crippen LogP contribution in [0.15, 0.2) is 48.5 Å². The first-order valence-electron chi connectivity index (χ1n) is 9.71. The number of nitrogens with zero attached hydrogens (tertiary/aromatic N) is 3. The number of benzene rings is 2. The van der Waals surface area contributed by atoms with Gasteiger partial charge < -0.3 is 10.2 Å². The SMILES string of the molecule is CCc1ccc(Nc2nc(N3CCCCCC3)c3ccccc3n2)cc1. The van der Waals surface area contributed by atoms with Crippen LogP contribution in [0.25, 0.3) is 10.9 Å². The maximum absolute atomic E-state index is 4.91. The van der Waals surface area contributed by atoms with Crippen molar-refractivity contribution in [3.63, 3.8) is 0 Å². The second-order valence-electron chi connectivity index (χ2n) is 6.96. The topological polar surface area (TPSA) is 41.1 Å². The van der Waals surface area contributed by atoms with E-state index >= 15 is 0 Å². The van der Waals surface area contributed by atoms with Crippen LogP contribution in [0.5, 0.6) is 0 Å². The quantitative estimate of drug-likeness (QED) is 0.694. The summed E-state index contributed by atoms with van der Waals surface area (Å²) in [6.07, 6.45) is 6.15. The van der Waals surface area contributed by atoms with Crippen molar-refractivity contribution in [1.82, 2.24) is 9.97 Å². The molecule has 0 atom stereocenters. The summed E-state index contributed by atoms with van der Waals surface area (Å²) in [5.74, 6) is 1.73. The van der Waals surface area contributed by atoms with Crippen LogP contribution < -0.4 is 10.2 Å². The first-order valence-corrected chi connectivity index (χ1v) is 9.71. The molecule has 0 saturated carbocycles. The molecular formula is C22H26N4. The third kappa shape index (κ3) is 3.64. The van der Waals surface area contributed by atoms with Crippen LogP contribution in [0.1, 0.15) is 38.2 Å². The fourth-order valence-corrected chi connectivity index (χ4v) is 3.59. The molecule has 1 saturated heterocycles. The highest BCUT2D eigenvalue weighted by molar-refractivity contribution is 5.90. The minimum absolute atomic E-state index is 0.673. The zero-order valence-electron chi connectivity index (χ0n) is 15.4. The highest BCUT2D eigenvalue weighted by Gasteiger charge is 2.16. The van der Waals surface area contributed by atoms with Gasteiger partial charge in [-0.25, -0.2) is 4.98 Å². The lowest BCUT2D eigenvalue weighted by Crippen LogP contribution is -2.25. The second-order valence-corrected chi connectivity index (χ2v) is 6.96. The van der Waals surface area contributed by atoms with Crippen molar-refractivity contribution in [2.24, 2.45) is 0 Å². The normalized spacial score (nSPS) is 15.0. The summed E-state index contributed by atoms with van der Waals surface area (Å²) in [5.41, 5.74) is 3.36. The predicted molar refractivity (Wildman–Crippen MR) is 109 cm³/mol. The number of hydrogen-bond acceptors (Lipinski definition) is 4. The highest BCUT2D eigenvalue weighted by atomic mass is 15.2. The molecule has 4 nitrogen and oxygen atoms in total. The van der Waals surface area contributed by atoms with Crippen LogP contribution in [-0.2, 0) is 6.42 Å². The number of nitrogens with one attached hydrogen (secondary N) is 1. The summed E-state index contributed by atoms with van der Waals surface area (Å²) >= 11 is 0. The first kappa shape index (κ1) is 16.8. The summed E-state index contributed by atoms with van der Waals surface area (Å²) in [4.78, 5) is 12.1. The molecule has 0 unspecified atom stereocenters. The van der Waals surface area contributed by atoms with Gasteiger partial charge in [-0.3, -0.25) is 0 Å². The van der Waals surface area contributed by atoms with Crippen molar-refractivity contribution >= 4 is 28.4 Å².